The van der Waals surface area contributed by atoms with E-state index in [0.29, 0.717) is 22.2 Å². The number of nitrogens with zero attached hydrogens (tertiary/aromatic N) is 2. The molecule has 0 radical (unpaired) electrons. The second-order valence-corrected chi connectivity index (χ2v) is 5.13. The van der Waals surface area contributed by atoms with E-state index in [0.717, 1.165) is 18.7 Å². The molecule has 2 rings (SSSR count). The molecule has 21 heavy (non-hydrogen) atoms. The van der Waals surface area contributed by atoms with Crippen LogP contribution in [-0.4, -0.2) is 22.8 Å². The van der Waals surface area contributed by atoms with E-state index >= 15 is 0 Å². The Bertz CT molecular complexity index is 652. The van der Waals surface area contributed by atoms with E-state index in [4.69, 9.17) is 16.3 Å². The van der Waals surface area contributed by atoms with Crippen LogP contribution in [0.25, 0.3) is 0 Å². The Kier molecular flexibility index (Phi) is 4.85. The van der Waals surface area contributed by atoms with Crippen LogP contribution >= 0.6 is 11.6 Å². The average Bonchev–Trinajstić information content (AvgIpc) is 2.79. The van der Waals surface area contributed by atoms with Crippen molar-refractivity contribution in [2.75, 3.05) is 12.4 Å². The van der Waals surface area contributed by atoms with Crippen molar-refractivity contribution in [2.45, 2.75) is 26.8 Å². The van der Waals surface area contributed by atoms with Crippen LogP contribution in [0.5, 0.6) is 5.75 Å². The van der Waals surface area contributed by atoms with Gasteiger partial charge in [0, 0.05) is 17.6 Å². The molecule has 5 nitrogen and oxygen atoms in total. The number of anilines is 1. The molecule has 0 atom stereocenters. The molecule has 1 heterocycles. The van der Waals surface area contributed by atoms with Gasteiger partial charge in [0.2, 0.25) is 0 Å². The molecule has 1 N–H and O–H groups in total. The predicted molar refractivity (Wildman–Crippen MR) is 83.2 cm³/mol. The first-order valence-corrected chi connectivity index (χ1v) is 7.12. The first-order valence-electron chi connectivity index (χ1n) is 6.74. The molecule has 1 aromatic heterocycles. The molecule has 0 bridgehead atoms. The molecular formula is C15H18ClN3O2. The Balaban J connectivity index is 2.28. The molecule has 1 amide bonds. The van der Waals surface area contributed by atoms with E-state index in [-0.39, 0.29) is 5.91 Å². The minimum atomic E-state index is -0.272. The van der Waals surface area contributed by atoms with Crippen LogP contribution in [0.4, 0.5) is 5.82 Å². The number of carbonyl (C=O) groups is 1. The predicted octanol–water partition coefficient (Wildman–Crippen LogP) is 3.52. The van der Waals surface area contributed by atoms with Gasteiger partial charge in [-0.25, -0.2) is 4.68 Å². The number of carbonyl (C=O) groups excluding carboxylic acids is 1. The van der Waals surface area contributed by atoms with Gasteiger partial charge in [0.05, 0.1) is 18.4 Å². The van der Waals surface area contributed by atoms with Crippen LogP contribution < -0.4 is 10.1 Å². The van der Waals surface area contributed by atoms with Gasteiger partial charge in [0.25, 0.3) is 5.91 Å². The van der Waals surface area contributed by atoms with Crippen molar-refractivity contribution < 1.29 is 9.53 Å². The molecule has 0 saturated heterocycles. The number of nitrogens with one attached hydrogen (secondary N) is 1. The van der Waals surface area contributed by atoms with Crippen molar-refractivity contribution >= 4 is 23.3 Å². The summed E-state index contributed by atoms with van der Waals surface area (Å²) in [4.78, 5) is 12.4. The van der Waals surface area contributed by atoms with Crippen LogP contribution in [0.1, 0.15) is 29.4 Å². The van der Waals surface area contributed by atoms with Crippen molar-refractivity contribution in [3.8, 4) is 5.75 Å². The summed E-state index contributed by atoms with van der Waals surface area (Å²) in [6, 6.07) is 6.78. The normalized spacial score (nSPS) is 10.5. The summed E-state index contributed by atoms with van der Waals surface area (Å²) in [5.74, 6) is 0.878. The highest BCUT2D eigenvalue weighted by Crippen LogP contribution is 2.24. The third-order valence-corrected chi connectivity index (χ3v) is 3.22. The van der Waals surface area contributed by atoms with E-state index < -0.39 is 0 Å². The first kappa shape index (κ1) is 15.4. The van der Waals surface area contributed by atoms with Crippen molar-refractivity contribution in [2.24, 2.45) is 0 Å². The summed E-state index contributed by atoms with van der Waals surface area (Å²) in [5.41, 5.74) is 1.25. The van der Waals surface area contributed by atoms with E-state index in [1.54, 1.807) is 22.9 Å². The van der Waals surface area contributed by atoms with E-state index in [2.05, 4.69) is 17.3 Å². The van der Waals surface area contributed by atoms with Crippen LogP contribution in [0.15, 0.2) is 24.3 Å². The smallest absolute Gasteiger partial charge is 0.260 e. The molecule has 0 spiro atoms. The van der Waals surface area contributed by atoms with Gasteiger partial charge in [-0.3, -0.25) is 4.79 Å². The monoisotopic (exact) mass is 307 g/mol. The van der Waals surface area contributed by atoms with Crippen LogP contribution in [-0.2, 0) is 6.54 Å². The van der Waals surface area contributed by atoms with Gasteiger partial charge in [-0.15, -0.1) is 0 Å². The molecule has 112 valence electrons. The summed E-state index contributed by atoms with van der Waals surface area (Å²) in [5, 5.41) is 7.69. The maximum Gasteiger partial charge on any atom is 0.260 e. The maximum absolute atomic E-state index is 12.4. The minimum absolute atomic E-state index is 0.272. The lowest BCUT2D eigenvalue weighted by Gasteiger charge is -2.11. The number of aromatic nitrogens is 2. The molecule has 1 aromatic carbocycles. The maximum atomic E-state index is 12.4. The Hall–Kier alpha value is -2.01. The molecule has 0 saturated carbocycles. The average molecular weight is 308 g/mol. The number of ether oxygens (including phenoxy) is 1. The highest BCUT2D eigenvalue weighted by atomic mass is 35.5. The number of benzene rings is 1. The second-order valence-electron chi connectivity index (χ2n) is 4.69. The van der Waals surface area contributed by atoms with Crippen LogP contribution in [0, 0.1) is 6.92 Å². The molecule has 6 heteroatoms. The molecule has 0 fully saturated rings. The molecule has 0 unspecified atom stereocenters. The standard InChI is InChI=1S/C15H18ClN3O2/c1-4-7-19-14(8-10(2)18-19)17-15(20)12-9-11(16)5-6-13(12)21-3/h5-6,8-9H,4,7H2,1-3H3,(H,17,20). The van der Waals surface area contributed by atoms with Crippen molar-refractivity contribution in [1.82, 2.24) is 9.78 Å². The van der Waals surface area contributed by atoms with E-state index in [1.807, 2.05) is 13.0 Å². The lowest BCUT2D eigenvalue weighted by atomic mass is 10.2. The zero-order chi connectivity index (χ0) is 15.4. The number of aryl methyl sites for hydroxylation is 2. The summed E-state index contributed by atoms with van der Waals surface area (Å²) in [6.45, 7) is 4.69. The van der Waals surface area contributed by atoms with Crippen molar-refractivity contribution in [1.29, 1.82) is 0 Å². The second kappa shape index (κ2) is 6.63. The Morgan fingerprint density at radius 1 is 1.43 bits per heavy atom. The topological polar surface area (TPSA) is 56.2 Å². The zero-order valence-corrected chi connectivity index (χ0v) is 13.1. The Labute approximate surface area is 128 Å². The largest absolute Gasteiger partial charge is 0.496 e. The summed E-state index contributed by atoms with van der Waals surface area (Å²) in [6.07, 6.45) is 0.935. The lowest BCUT2D eigenvalue weighted by Crippen LogP contribution is -2.16. The zero-order valence-electron chi connectivity index (χ0n) is 12.3. The summed E-state index contributed by atoms with van der Waals surface area (Å²) >= 11 is 5.95. The third kappa shape index (κ3) is 3.55. The van der Waals surface area contributed by atoms with Gasteiger partial charge >= 0.3 is 0 Å². The SMILES string of the molecule is CCCn1nc(C)cc1NC(=O)c1cc(Cl)ccc1OC. The van der Waals surface area contributed by atoms with Crippen LogP contribution in [0.3, 0.4) is 0 Å². The van der Waals surface area contributed by atoms with Gasteiger partial charge in [-0.2, -0.15) is 5.10 Å². The fourth-order valence-corrected chi connectivity index (χ4v) is 2.24. The molecule has 0 aliphatic rings. The Morgan fingerprint density at radius 3 is 2.86 bits per heavy atom. The fourth-order valence-electron chi connectivity index (χ4n) is 2.07. The van der Waals surface area contributed by atoms with Gasteiger partial charge in [-0.05, 0) is 31.5 Å². The lowest BCUT2D eigenvalue weighted by molar-refractivity contribution is 0.102. The molecule has 2 aromatic rings. The Morgan fingerprint density at radius 2 is 2.19 bits per heavy atom. The number of methoxy groups -OCH3 is 1. The van der Waals surface area contributed by atoms with E-state index in [1.165, 1.54) is 7.11 Å². The van der Waals surface area contributed by atoms with Crippen LogP contribution in [0.2, 0.25) is 5.02 Å². The summed E-state index contributed by atoms with van der Waals surface area (Å²) in [7, 11) is 1.52. The highest BCUT2D eigenvalue weighted by molar-refractivity contribution is 6.31. The van der Waals surface area contributed by atoms with Gasteiger partial charge in [0.15, 0.2) is 0 Å². The number of hydrogen-bond donors (Lipinski definition) is 1. The first-order chi connectivity index (χ1) is 10.0. The van der Waals surface area contributed by atoms with Crippen molar-refractivity contribution in [3.63, 3.8) is 0 Å². The quantitative estimate of drug-likeness (QED) is 0.919. The highest BCUT2D eigenvalue weighted by Gasteiger charge is 2.15. The molecular weight excluding hydrogens is 290 g/mol. The van der Waals surface area contributed by atoms with Gasteiger partial charge < -0.3 is 10.1 Å². The number of halogens is 1. The van der Waals surface area contributed by atoms with Crippen molar-refractivity contribution in [3.05, 3.63) is 40.5 Å². The molecule has 0 aliphatic carbocycles. The third-order valence-electron chi connectivity index (χ3n) is 2.99. The van der Waals surface area contributed by atoms with E-state index in [9.17, 15) is 4.79 Å². The molecule has 0 aliphatic heterocycles. The minimum Gasteiger partial charge on any atom is -0.496 e. The number of hydrogen-bond acceptors (Lipinski definition) is 3. The number of rotatable bonds is 5. The fraction of sp³-hybridized carbons (Fsp3) is 0.333. The summed E-state index contributed by atoms with van der Waals surface area (Å²) < 4.78 is 6.98. The van der Waals surface area contributed by atoms with Gasteiger partial charge in [-0.1, -0.05) is 18.5 Å². The van der Waals surface area contributed by atoms with Gasteiger partial charge in [0.1, 0.15) is 11.6 Å². The number of amides is 1.